The molecule has 168 valence electrons. The first-order valence-corrected chi connectivity index (χ1v) is 10.0. The maximum atomic E-state index is 13.1. The second kappa shape index (κ2) is 9.86. The molecule has 0 fully saturated rings. The van der Waals surface area contributed by atoms with Crippen LogP contribution in [0.15, 0.2) is 42.5 Å². The van der Waals surface area contributed by atoms with Crippen LogP contribution in [-0.4, -0.2) is 18.2 Å². The van der Waals surface area contributed by atoms with E-state index in [9.17, 15) is 18.0 Å². The number of thiocarbonyl (C=S) groups is 1. The van der Waals surface area contributed by atoms with E-state index in [1.54, 1.807) is 31.2 Å². The van der Waals surface area contributed by atoms with Gasteiger partial charge >= 0.3 is 12.2 Å². The van der Waals surface area contributed by atoms with E-state index in [4.69, 9.17) is 18.0 Å². The molecule has 0 aromatic heterocycles. The van der Waals surface area contributed by atoms with Crippen LogP contribution in [0.4, 0.5) is 29.3 Å². The Morgan fingerprint density at radius 1 is 1.13 bits per heavy atom. The summed E-state index contributed by atoms with van der Waals surface area (Å²) in [6.45, 7) is 3.86. The Kier molecular flexibility index (Phi) is 7.72. The number of nitrogens with one attached hydrogen (secondary N) is 4. The first kappa shape index (κ1) is 24.3. The van der Waals surface area contributed by atoms with Gasteiger partial charge in [-0.1, -0.05) is 31.2 Å². The van der Waals surface area contributed by atoms with Gasteiger partial charge in [-0.05, 0) is 54.9 Å². The fraction of sp³-hybridized carbons (Fsp3) is 0.333. The Hall–Kier alpha value is -3.01. The summed E-state index contributed by atoms with van der Waals surface area (Å²) in [5.41, 5.74) is 6.71. The summed E-state index contributed by atoms with van der Waals surface area (Å²) < 4.78 is 39.4. The molecule has 0 saturated carbocycles. The molecule has 0 aliphatic carbocycles. The summed E-state index contributed by atoms with van der Waals surface area (Å²) in [7, 11) is 1.51. The molecule has 1 unspecified atom stereocenters. The number of alkyl halides is 3. The van der Waals surface area contributed by atoms with E-state index in [0.29, 0.717) is 28.9 Å². The van der Waals surface area contributed by atoms with Crippen LogP contribution in [0.3, 0.4) is 0 Å². The molecule has 6 nitrogen and oxygen atoms in total. The second-order valence-corrected chi connectivity index (χ2v) is 7.56. The van der Waals surface area contributed by atoms with Gasteiger partial charge in [0.2, 0.25) is 0 Å². The number of carbonyl (C=O) groups excluding carboxylic acids is 1. The van der Waals surface area contributed by atoms with Crippen LogP contribution in [0.25, 0.3) is 0 Å². The van der Waals surface area contributed by atoms with E-state index in [1.165, 1.54) is 13.1 Å². The molecule has 0 saturated heterocycles. The third-order valence-corrected chi connectivity index (χ3v) is 5.24. The standard InChI is InChI=1S/C21H26F3N5OS/c1-4-20(2,14-8-6-9-15(11-14)21(22,23)24)29-19(31)28-16-10-5-7-13(17(16)25)12-27-18(30)26-3/h5-11H,4,12,25H2,1-3H3,(H2,26,27,30)(H2,28,29,31). The van der Waals surface area contributed by atoms with Crippen LogP contribution >= 0.6 is 12.2 Å². The molecule has 0 bridgehead atoms. The summed E-state index contributed by atoms with van der Waals surface area (Å²) in [6.07, 6.45) is -3.94. The maximum absolute atomic E-state index is 13.1. The number of halogens is 3. The fourth-order valence-corrected chi connectivity index (χ4v) is 3.28. The molecule has 0 aliphatic rings. The quantitative estimate of drug-likeness (QED) is 0.332. The third-order valence-electron chi connectivity index (χ3n) is 5.03. The lowest BCUT2D eigenvalue weighted by Gasteiger charge is -2.32. The van der Waals surface area contributed by atoms with Gasteiger partial charge in [0.25, 0.3) is 0 Å². The number of nitrogens with two attached hydrogens (primary N) is 1. The lowest BCUT2D eigenvalue weighted by Crippen LogP contribution is -2.45. The minimum absolute atomic E-state index is 0.213. The van der Waals surface area contributed by atoms with Gasteiger partial charge in [-0.3, -0.25) is 0 Å². The van der Waals surface area contributed by atoms with E-state index in [1.807, 2.05) is 6.92 Å². The van der Waals surface area contributed by atoms with Crippen molar-refractivity contribution < 1.29 is 18.0 Å². The minimum atomic E-state index is -4.43. The molecule has 31 heavy (non-hydrogen) atoms. The van der Waals surface area contributed by atoms with Crippen molar-refractivity contribution in [2.45, 2.75) is 38.5 Å². The van der Waals surface area contributed by atoms with Crippen molar-refractivity contribution in [3.8, 4) is 0 Å². The maximum Gasteiger partial charge on any atom is 0.416 e. The highest BCUT2D eigenvalue weighted by atomic mass is 32.1. The predicted octanol–water partition coefficient (Wildman–Crippen LogP) is 4.33. The summed E-state index contributed by atoms with van der Waals surface area (Å²) in [4.78, 5) is 11.4. The van der Waals surface area contributed by atoms with Crippen molar-refractivity contribution in [1.82, 2.24) is 16.0 Å². The largest absolute Gasteiger partial charge is 0.416 e. The fourth-order valence-electron chi connectivity index (χ4n) is 2.95. The summed E-state index contributed by atoms with van der Waals surface area (Å²) >= 11 is 5.40. The van der Waals surface area contributed by atoms with Crippen LogP contribution in [0.5, 0.6) is 0 Å². The SMILES string of the molecule is CCC(C)(NC(=S)Nc1cccc(CNC(=O)NC)c1N)c1cccc(C(F)(F)F)c1. The van der Waals surface area contributed by atoms with Crippen LogP contribution in [-0.2, 0) is 18.3 Å². The van der Waals surface area contributed by atoms with Crippen molar-refractivity contribution in [1.29, 1.82) is 0 Å². The van der Waals surface area contributed by atoms with Crippen molar-refractivity contribution >= 4 is 34.7 Å². The van der Waals surface area contributed by atoms with Crippen LogP contribution in [0, 0.1) is 0 Å². The van der Waals surface area contributed by atoms with Gasteiger partial charge in [-0.25, -0.2) is 4.79 Å². The number of urea groups is 1. The van der Waals surface area contributed by atoms with Crippen LogP contribution in [0.2, 0.25) is 0 Å². The molecule has 0 spiro atoms. The molecular formula is C21H26F3N5OS. The number of amides is 2. The second-order valence-electron chi connectivity index (χ2n) is 7.15. The average Bonchev–Trinajstić information content (AvgIpc) is 2.73. The third kappa shape index (κ3) is 6.24. The molecular weight excluding hydrogens is 427 g/mol. The predicted molar refractivity (Wildman–Crippen MR) is 121 cm³/mol. The number of hydrogen-bond donors (Lipinski definition) is 5. The Labute approximate surface area is 184 Å². The monoisotopic (exact) mass is 453 g/mol. The zero-order chi connectivity index (χ0) is 23.2. The number of para-hydroxylation sites is 1. The van der Waals surface area contributed by atoms with Crippen LogP contribution in [0.1, 0.15) is 37.0 Å². The van der Waals surface area contributed by atoms with Gasteiger partial charge in [-0.2, -0.15) is 13.2 Å². The van der Waals surface area contributed by atoms with E-state index in [2.05, 4.69) is 21.3 Å². The summed E-state index contributed by atoms with van der Waals surface area (Å²) in [5.74, 6) is 0. The minimum Gasteiger partial charge on any atom is -0.397 e. The van der Waals surface area contributed by atoms with Gasteiger partial charge in [-0.15, -0.1) is 0 Å². The van der Waals surface area contributed by atoms with Crippen LogP contribution < -0.4 is 27.0 Å². The van der Waals surface area contributed by atoms with Crippen molar-refractivity contribution in [2.75, 3.05) is 18.1 Å². The van der Waals surface area contributed by atoms with E-state index < -0.39 is 17.3 Å². The molecule has 1 atom stereocenters. The molecule has 2 rings (SSSR count). The van der Waals surface area contributed by atoms with Gasteiger partial charge in [0.1, 0.15) is 0 Å². The van der Waals surface area contributed by atoms with E-state index in [-0.39, 0.29) is 17.7 Å². The number of anilines is 2. The molecule has 2 aromatic carbocycles. The van der Waals surface area contributed by atoms with Crippen molar-refractivity contribution in [2.24, 2.45) is 0 Å². The molecule has 2 amide bonds. The van der Waals surface area contributed by atoms with Crippen molar-refractivity contribution in [3.63, 3.8) is 0 Å². The number of rotatable bonds is 6. The topological polar surface area (TPSA) is 91.2 Å². The van der Waals surface area contributed by atoms with Gasteiger partial charge in [0, 0.05) is 13.6 Å². The van der Waals surface area contributed by atoms with E-state index >= 15 is 0 Å². The molecule has 0 heterocycles. The molecule has 2 aromatic rings. The zero-order valence-corrected chi connectivity index (χ0v) is 18.3. The highest BCUT2D eigenvalue weighted by Gasteiger charge is 2.33. The molecule has 0 aliphatic heterocycles. The number of benzene rings is 2. The van der Waals surface area contributed by atoms with Gasteiger partial charge < -0.3 is 27.0 Å². The highest BCUT2D eigenvalue weighted by molar-refractivity contribution is 7.80. The Morgan fingerprint density at radius 3 is 2.39 bits per heavy atom. The van der Waals surface area contributed by atoms with Gasteiger partial charge in [0.05, 0.1) is 22.5 Å². The smallest absolute Gasteiger partial charge is 0.397 e. The summed E-state index contributed by atoms with van der Waals surface area (Å²) in [6, 6.07) is 10.1. The number of nitrogen functional groups attached to an aromatic ring is 1. The molecule has 0 radical (unpaired) electrons. The number of carbonyl (C=O) groups is 1. The Balaban J connectivity index is 2.18. The highest BCUT2D eigenvalue weighted by Crippen LogP contribution is 2.33. The molecule has 10 heteroatoms. The average molecular weight is 454 g/mol. The number of hydrogen-bond acceptors (Lipinski definition) is 3. The normalized spacial score (nSPS) is 13.1. The first-order chi connectivity index (χ1) is 14.5. The summed E-state index contributed by atoms with van der Waals surface area (Å²) in [5, 5.41) is 11.4. The Morgan fingerprint density at radius 2 is 1.77 bits per heavy atom. The van der Waals surface area contributed by atoms with Gasteiger partial charge in [0.15, 0.2) is 5.11 Å². The van der Waals surface area contributed by atoms with E-state index in [0.717, 1.165) is 12.1 Å². The van der Waals surface area contributed by atoms with Crippen molar-refractivity contribution in [3.05, 3.63) is 59.2 Å². The first-order valence-electron chi connectivity index (χ1n) is 9.60. The lowest BCUT2D eigenvalue weighted by molar-refractivity contribution is -0.137. The Bertz CT molecular complexity index is 951. The zero-order valence-electron chi connectivity index (χ0n) is 17.5. The molecule has 6 N–H and O–H groups in total. The lowest BCUT2D eigenvalue weighted by atomic mass is 9.88.